The lowest BCUT2D eigenvalue weighted by atomic mass is 10.3. The summed E-state index contributed by atoms with van der Waals surface area (Å²) in [4.78, 5) is 4.40. The lowest BCUT2D eigenvalue weighted by molar-refractivity contribution is 0.216. The fourth-order valence-corrected chi connectivity index (χ4v) is 0.791. The van der Waals surface area contributed by atoms with E-state index in [4.69, 9.17) is 0 Å². The predicted octanol–water partition coefficient (Wildman–Crippen LogP) is 1.86. The van der Waals surface area contributed by atoms with Gasteiger partial charge in [-0.05, 0) is 18.2 Å². The molecule has 0 fully saturated rings. The third kappa shape index (κ3) is 3.66. The van der Waals surface area contributed by atoms with Crippen LogP contribution in [-0.4, -0.2) is 19.5 Å². The number of hydrogen-bond donors (Lipinski definition) is 1. The smallest absolute Gasteiger partial charge is 0.125 e. The fourth-order valence-electron chi connectivity index (χ4n) is 0.791. The highest BCUT2D eigenvalue weighted by Gasteiger charge is 1.90. The molecule has 0 saturated carbocycles. The molecule has 0 unspecified atom stereocenters. The normalized spacial score (nSPS) is 11.0. The van der Waals surface area contributed by atoms with Crippen LogP contribution in [0.3, 0.4) is 0 Å². The SMILES string of the molecule is CO/N=C/C=N\Nc1cccc(F)c1. The van der Waals surface area contributed by atoms with Crippen molar-refractivity contribution in [3.05, 3.63) is 30.1 Å². The van der Waals surface area contributed by atoms with Gasteiger partial charge in [-0.1, -0.05) is 11.2 Å². The summed E-state index contributed by atoms with van der Waals surface area (Å²) < 4.78 is 12.7. The Balaban J connectivity index is 2.45. The second-order valence-electron chi connectivity index (χ2n) is 2.34. The summed E-state index contributed by atoms with van der Waals surface area (Å²) in [6.45, 7) is 0. The Kier molecular flexibility index (Phi) is 4.13. The molecule has 14 heavy (non-hydrogen) atoms. The van der Waals surface area contributed by atoms with Gasteiger partial charge in [-0.25, -0.2) is 4.39 Å². The van der Waals surface area contributed by atoms with Gasteiger partial charge in [0.05, 0.1) is 18.1 Å². The number of nitrogens with one attached hydrogen (secondary N) is 1. The first-order valence-corrected chi connectivity index (χ1v) is 3.92. The molecule has 0 saturated heterocycles. The summed E-state index contributed by atoms with van der Waals surface area (Å²) in [5.41, 5.74) is 3.20. The first-order valence-electron chi connectivity index (χ1n) is 3.92. The van der Waals surface area contributed by atoms with Crippen molar-refractivity contribution in [1.29, 1.82) is 0 Å². The molecule has 0 radical (unpaired) electrons. The maximum Gasteiger partial charge on any atom is 0.125 e. The van der Waals surface area contributed by atoms with E-state index in [1.165, 1.54) is 31.7 Å². The summed E-state index contributed by atoms with van der Waals surface area (Å²) in [5, 5.41) is 7.18. The minimum atomic E-state index is -0.309. The van der Waals surface area contributed by atoms with Crippen molar-refractivity contribution in [3.8, 4) is 0 Å². The van der Waals surface area contributed by atoms with Crippen LogP contribution in [0.5, 0.6) is 0 Å². The van der Waals surface area contributed by atoms with Gasteiger partial charge in [-0.2, -0.15) is 5.10 Å². The number of hydrogen-bond acceptors (Lipinski definition) is 4. The fraction of sp³-hybridized carbons (Fsp3) is 0.111. The van der Waals surface area contributed by atoms with Crippen molar-refractivity contribution in [3.63, 3.8) is 0 Å². The van der Waals surface area contributed by atoms with E-state index in [9.17, 15) is 4.39 Å². The molecule has 0 aliphatic carbocycles. The van der Waals surface area contributed by atoms with Crippen molar-refractivity contribution in [2.45, 2.75) is 0 Å². The quantitative estimate of drug-likeness (QED) is 0.588. The molecule has 0 spiro atoms. The zero-order valence-corrected chi connectivity index (χ0v) is 7.64. The average molecular weight is 195 g/mol. The van der Waals surface area contributed by atoms with E-state index in [-0.39, 0.29) is 5.82 Å². The summed E-state index contributed by atoms with van der Waals surface area (Å²) >= 11 is 0. The molecule has 1 N–H and O–H groups in total. The Hall–Kier alpha value is -1.91. The van der Waals surface area contributed by atoms with E-state index in [2.05, 4.69) is 20.5 Å². The van der Waals surface area contributed by atoms with Crippen molar-refractivity contribution in [1.82, 2.24) is 0 Å². The van der Waals surface area contributed by atoms with E-state index in [0.717, 1.165) is 0 Å². The maximum atomic E-state index is 12.7. The molecule has 0 heterocycles. The topological polar surface area (TPSA) is 46.0 Å². The van der Waals surface area contributed by atoms with Crippen LogP contribution >= 0.6 is 0 Å². The highest BCUT2D eigenvalue weighted by molar-refractivity contribution is 6.15. The number of anilines is 1. The Morgan fingerprint density at radius 3 is 3.00 bits per heavy atom. The standard InChI is InChI=1S/C9H10FN3O/c1-14-12-6-5-11-13-9-4-2-3-8(10)7-9/h2-7,13H,1H3/b11-5-,12-6+. The van der Waals surface area contributed by atoms with Crippen molar-refractivity contribution in [2.75, 3.05) is 12.5 Å². The van der Waals surface area contributed by atoms with Gasteiger partial charge in [-0.15, -0.1) is 0 Å². The molecule has 0 aliphatic rings. The Morgan fingerprint density at radius 1 is 1.43 bits per heavy atom. The number of hydrazone groups is 1. The Labute approximate surface area is 81.1 Å². The van der Waals surface area contributed by atoms with Gasteiger partial charge in [0.15, 0.2) is 0 Å². The minimum absolute atomic E-state index is 0.309. The predicted molar refractivity (Wildman–Crippen MR) is 54.0 cm³/mol. The molecule has 4 nitrogen and oxygen atoms in total. The third-order valence-corrected chi connectivity index (χ3v) is 1.33. The summed E-state index contributed by atoms with van der Waals surface area (Å²) in [6.07, 6.45) is 2.76. The van der Waals surface area contributed by atoms with Gasteiger partial charge >= 0.3 is 0 Å². The van der Waals surface area contributed by atoms with Gasteiger partial charge in [0, 0.05) is 0 Å². The van der Waals surface area contributed by atoms with Crippen LogP contribution in [0.4, 0.5) is 10.1 Å². The first kappa shape index (κ1) is 10.2. The lowest BCUT2D eigenvalue weighted by Gasteiger charge is -1.97. The van der Waals surface area contributed by atoms with Crippen LogP contribution < -0.4 is 5.43 Å². The monoisotopic (exact) mass is 195 g/mol. The summed E-state index contributed by atoms with van der Waals surface area (Å²) in [5.74, 6) is -0.309. The maximum absolute atomic E-state index is 12.7. The number of halogens is 1. The van der Waals surface area contributed by atoms with E-state index >= 15 is 0 Å². The molecule has 1 rings (SSSR count). The molecule has 0 aliphatic heterocycles. The Morgan fingerprint density at radius 2 is 2.29 bits per heavy atom. The Bertz CT molecular complexity index is 339. The van der Waals surface area contributed by atoms with E-state index in [1.54, 1.807) is 12.1 Å². The molecule has 5 heteroatoms. The molecule has 0 atom stereocenters. The minimum Gasteiger partial charge on any atom is -0.399 e. The van der Waals surface area contributed by atoms with E-state index < -0.39 is 0 Å². The van der Waals surface area contributed by atoms with Crippen LogP contribution in [0.2, 0.25) is 0 Å². The van der Waals surface area contributed by atoms with Crippen LogP contribution in [0.1, 0.15) is 0 Å². The summed E-state index contributed by atoms with van der Waals surface area (Å²) in [7, 11) is 1.43. The number of nitrogens with zero attached hydrogens (tertiary/aromatic N) is 2. The molecule has 0 aromatic heterocycles. The van der Waals surface area contributed by atoms with Crippen LogP contribution in [0, 0.1) is 5.82 Å². The van der Waals surface area contributed by atoms with Gasteiger partial charge in [0.25, 0.3) is 0 Å². The first-order chi connectivity index (χ1) is 6.83. The number of benzene rings is 1. The van der Waals surface area contributed by atoms with E-state index in [1.807, 2.05) is 0 Å². The van der Waals surface area contributed by atoms with Gasteiger partial charge in [0.2, 0.25) is 0 Å². The molecule has 0 bridgehead atoms. The van der Waals surface area contributed by atoms with Gasteiger partial charge in [0.1, 0.15) is 12.9 Å². The van der Waals surface area contributed by atoms with Gasteiger partial charge in [-0.3, -0.25) is 5.43 Å². The molecule has 1 aromatic rings. The highest BCUT2D eigenvalue weighted by Crippen LogP contribution is 2.08. The second kappa shape index (κ2) is 5.69. The highest BCUT2D eigenvalue weighted by atomic mass is 19.1. The molecular formula is C9H10FN3O. The molecular weight excluding hydrogens is 185 g/mol. The van der Waals surface area contributed by atoms with Crippen molar-refractivity contribution in [2.24, 2.45) is 10.3 Å². The van der Waals surface area contributed by atoms with Gasteiger partial charge < -0.3 is 4.84 Å². The van der Waals surface area contributed by atoms with E-state index in [0.29, 0.717) is 5.69 Å². The van der Waals surface area contributed by atoms with Crippen LogP contribution in [0.15, 0.2) is 34.5 Å². The molecule has 74 valence electrons. The second-order valence-corrected chi connectivity index (χ2v) is 2.34. The average Bonchev–Trinajstić information content (AvgIpc) is 2.18. The number of oxime groups is 1. The van der Waals surface area contributed by atoms with Crippen molar-refractivity contribution >= 4 is 18.1 Å². The largest absolute Gasteiger partial charge is 0.399 e. The summed E-state index contributed by atoms with van der Waals surface area (Å²) in [6, 6.07) is 6.00. The third-order valence-electron chi connectivity index (χ3n) is 1.33. The van der Waals surface area contributed by atoms with Crippen LogP contribution in [0.25, 0.3) is 0 Å². The number of rotatable bonds is 4. The zero-order valence-electron chi connectivity index (χ0n) is 7.64. The van der Waals surface area contributed by atoms with Crippen molar-refractivity contribution < 1.29 is 9.23 Å². The lowest BCUT2D eigenvalue weighted by Crippen LogP contribution is -1.90. The molecule has 0 amide bonds. The van der Waals surface area contributed by atoms with Crippen LogP contribution in [-0.2, 0) is 4.84 Å². The molecule has 1 aromatic carbocycles. The zero-order chi connectivity index (χ0) is 10.2.